The lowest BCUT2D eigenvalue weighted by Crippen LogP contribution is -2.14. The van der Waals surface area contributed by atoms with Crippen LogP contribution in [0.4, 0.5) is 8.78 Å². The molecule has 1 aliphatic carbocycles. The molecule has 11 heavy (non-hydrogen) atoms. The molecule has 0 saturated heterocycles. The van der Waals surface area contributed by atoms with Crippen molar-refractivity contribution in [3.05, 3.63) is 0 Å². The topological polar surface area (TPSA) is 3.01 Å². The molecule has 1 nitrogen and oxygen atoms in total. The van der Waals surface area contributed by atoms with Crippen LogP contribution in [0.15, 0.2) is 0 Å². The van der Waals surface area contributed by atoms with Gasteiger partial charge in [0.25, 0.3) is 0 Å². The number of hydrogen-bond donors (Lipinski definition) is 0. The maximum absolute atomic E-state index is 12.8. The molecule has 0 aromatic carbocycles. The van der Waals surface area contributed by atoms with Crippen LogP contribution in [0.2, 0.25) is 0 Å². The van der Waals surface area contributed by atoms with Gasteiger partial charge >= 0.3 is 0 Å². The molecule has 1 saturated carbocycles. The predicted molar refractivity (Wildman–Crippen MR) is 38.3 cm³/mol. The number of fused-ring (bicyclic) bond motifs is 1. The molecule has 2 aliphatic rings. The van der Waals surface area contributed by atoms with Crippen LogP contribution in [0.5, 0.6) is 0 Å². The number of rotatable bonds is 0. The molecule has 1 heterocycles. The van der Waals surface area contributed by atoms with Crippen LogP contribution in [-0.4, -0.2) is 30.3 Å². The normalized spacial score (nSPS) is 40.5. The Morgan fingerprint density at radius 2 is 2.18 bits per heavy atom. The van der Waals surface area contributed by atoms with Gasteiger partial charge in [-0.1, -0.05) is 0 Å². The van der Waals surface area contributed by atoms with Crippen LogP contribution < -0.4 is 0 Å². The minimum absolute atomic E-state index is 0.0714. The summed E-state index contributed by atoms with van der Waals surface area (Å²) >= 11 is 0. The molecule has 0 aromatic rings. The van der Waals surface area contributed by atoms with E-state index in [9.17, 15) is 8.78 Å². The quantitative estimate of drug-likeness (QED) is 0.471. The fourth-order valence-electron chi connectivity index (χ4n) is 2.26. The van der Waals surface area contributed by atoms with Crippen molar-refractivity contribution < 1.29 is 13.4 Å². The van der Waals surface area contributed by atoms with Crippen molar-refractivity contribution in [1.29, 1.82) is 0 Å². The zero-order valence-electron chi connectivity index (χ0n) is 6.56. The average molecular weight is 160 g/mol. The standard InChI is InChI=1S/C8H12F2N/c1-11-4-6-2-8(9,10)3-7(6)5-11/h4,6-7H,2-3,5H2,1H3/q+1/t6-,7+/m0/s1. The smallest absolute Gasteiger partial charge is 0.242 e. The van der Waals surface area contributed by atoms with E-state index in [1.54, 1.807) is 0 Å². The summed E-state index contributed by atoms with van der Waals surface area (Å²) in [5, 5.41) is 0. The Balaban J connectivity index is 2.13. The zero-order valence-corrected chi connectivity index (χ0v) is 6.56. The monoisotopic (exact) mass is 160 g/mol. The molecule has 1 aliphatic heterocycles. The summed E-state index contributed by atoms with van der Waals surface area (Å²) in [4.78, 5) is 0. The molecule has 2 atom stereocenters. The Morgan fingerprint density at radius 3 is 2.82 bits per heavy atom. The molecule has 0 radical (unpaired) electrons. The average Bonchev–Trinajstić information content (AvgIpc) is 2.17. The van der Waals surface area contributed by atoms with E-state index < -0.39 is 5.92 Å². The van der Waals surface area contributed by atoms with Gasteiger partial charge in [-0.2, -0.15) is 0 Å². The number of halogens is 2. The fourth-order valence-corrected chi connectivity index (χ4v) is 2.26. The van der Waals surface area contributed by atoms with Gasteiger partial charge in [0.15, 0.2) is 0 Å². The van der Waals surface area contributed by atoms with E-state index in [0.29, 0.717) is 0 Å². The van der Waals surface area contributed by atoms with Crippen LogP contribution >= 0.6 is 0 Å². The number of hydrogen-bond acceptors (Lipinski definition) is 0. The van der Waals surface area contributed by atoms with Gasteiger partial charge in [0.05, 0.1) is 5.92 Å². The van der Waals surface area contributed by atoms with E-state index in [0.717, 1.165) is 6.54 Å². The van der Waals surface area contributed by atoms with E-state index in [-0.39, 0.29) is 24.7 Å². The first-order valence-electron chi connectivity index (χ1n) is 4.00. The third kappa shape index (κ3) is 1.17. The van der Waals surface area contributed by atoms with Crippen molar-refractivity contribution >= 4 is 6.21 Å². The summed E-state index contributed by atoms with van der Waals surface area (Å²) in [6, 6.07) is 0. The van der Waals surface area contributed by atoms with Crippen LogP contribution in [0.25, 0.3) is 0 Å². The molecule has 62 valence electrons. The SMILES string of the molecule is C[N+]1=C[C@@H]2CC(F)(F)C[C@@H]2C1. The summed E-state index contributed by atoms with van der Waals surface area (Å²) < 4.78 is 27.5. The van der Waals surface area contributed by atoms with Gasteiger partial charge in [-0.25, -0.2) is 13.4 Å². The van der Waals surface area contributed by atoms with E-state index >= 15 is 0 Å². The highest BCUT2D eigenvalue weighted by atomic mass is 19.3. The van der Waals surface area contributed by atoms with Gasteiger partial charge in [0.1, 0.15) is 19.8 Å². The molecule has 0 bridgehead atoms. The van der Waals surface area contributed by atoms with Crippen LogP contribution in [-0.2, 0) is 0 Å². The van der Waals surface area contributed by atoms with Gasteiger partial charge < -0.3 is 0 Å². The van der Waals surface area contributed by atoms with Crippen LogP contribution in [0.1, 0.15) is 12.8 Å². The third-order valence-corrected chi connectivity index (χ3v) is 2.67. The highest BCUT2D eigenvalue weighted by molar-refractivity contribution is 5.58. The molecular formula is C8H12F2N+. The largest absolute Gasteiger partial charge is 0.249 e. The van der Waals surface area contributed by atoms with Gasteiger partial charge in [-0.15, -0.1) is 0 Å². The first kappa shape index (κ1) is 7.19. The van der Waals surface area contributed by atoms with Crippen molar-refractivity contribution in [1.82, 2.24) is 0 Å². The Kier molecular flexibility index (Phi) is 1.32. The lowest BCUT2D eigenvalue weighted by molar-refractivity contribution is -0.490. The predicted octanol–water partition coefficient (Wildman–Crippen LogP) is 1.37. The second-order valence-electron chi connectivity index (χ2n) is 3.78. The summed E-state index contributed by atoms with van der Waals surface area (Å²) in [5.74, 6) is -2.02. The molecule has 2 rings (SSSR count). The van der Waals surface area contributed by atoms with Crippen molar-refractivity contribution in [3.63, 3.8) is 0 Å². The molecule has 1 fully saturated rings. The first-order chi connectivity index (χ1) is 5.07. The lowest BCUT2D eigenvalue weighted by atomic mass is 10.0. The third-order valence-electron chi connectivity index (χ3n) is 2.67. The Hall–Kier alpha value is -0.470. The van der Waals surface area contributed by atoms with Crippen LogP contribution in [0.3, 0.4) is 0 Å². The van der Waals surface area contributed by atoms with Gasteiger partial charge in [-0.3, -0.25) is 0 Å². The van der Waals surface area contributed by atoms with Crippen molar-refractivity contribution in [2.75, 3.05) is 13.6 Å². The van der Waals surface area contributed by atoms with E-state index in [2.05, 4.69) is 0 Å². The van der Waals surface area contributed by atoms with Crippen molar-refractivity contribution in [2.45, 2.75) is 18.8 Å². The van der Waals surface area contributed by atoms with Gasteiger partial charge in [0.2, 0.25) is 5.92 Å². The van der Waals surface area contributed by atoms with E-state index in [4.69, 9.17) is 0 Å². The molecule has 0 aromatic heterocycles. The number of alkyl halides is 2. The summed E-state index contributed by atoms with van der Waals surface area (Å²) in [5.41, 5.74) is 0. The molecule has 0 amide bonds. The van der Waals surface area contributed by atoms with Crippen LogP contribution in [0, 0.1) is 11.8 Å². The van der Waals surface area contributed by atoms with E-state index in [1.807, 2.05) is 17.8 Å². The van der Waals surface area contributed by atoms with Gasteiger partial charge in [-0.05, 0) is 0 Å². The summed E-state index contributed by atoms with van der Waals surface area (Å²) in [6.45, 7) is 0.820. The summed E-state index contributed by atoms with van der Waals surface area (Å²) in [6.07, 6.45) is 2.12. The molecule has 0 N–H and O–H groups in total. The second-order valence-corrected chi connectivity index (χ2v) is 3.78. The van der Waals surface area contributed by atoms with Gasteiger partial charge in [0, 0.05) is 18.8 Å². The molecule has 3 heteroatoms. The Labute approximate surface area is 64.7 Å². The van der Waals surface area contributed by atoms with Crippen molar-refractivity contribution in [2.24, 2.45) is 11.8 Å². The summed E-state index contributed by atoms with van der Waals surface area (Å²) in [7, 11) is 1.95. The second kappa shape index (κ2) is 2.02. The number of nitrogens with zero attached hydrogens (tertiary/aromatic N) is 1. The highest BCUT2D eigenvalue weighted by Gasteiger charge is 2.50. The maximum atomic E-state index is 12.8. The minimum atomic E-state index is -2.38. The highest BCUT2D eigenvalue weighted by Crippen LogP contribution is 2.43. The molecular weight excluding hydrogens is 148 g/mol. The Bertz CT molecular complexity index is 210. The molecule has 0 unspecified atom stereocenters. The lowest BCUT2D eigenvalue weighted by Gasteiger charge is -2.06. The fraction of sp³-hybridized carbons (Fsp3) is 0.875. The first-order valence-corrected chi connectivity index (χ1v) is 4.00. The van der Waals surface area contributed by atoms with E-state index in [1.165, 1.54) is 0 Å². The molecule has 0 spiro atoms. The minimum Gasteiger partial charge on any atom is -0.242 e. The zero-order chi connectivity index (χ0) is 8.06. The van der Waals surface area contributed by atoms with Crippen molar-refractivity contribution in [3.8, 4) is 0 Å². The maximum Gasteiger partial charge on any atom is 0.249 e. The Morgan fingerprint density at radius 1 is 1.45 bits per heavy atom.